The van der Waals surface area contributed by atoms with Crippen LogP contribution in [0, 0.1) is 0 Å². The molecule has 0 saturated heterocycles. The Hall–Kier alpha value is -0.890. The molecule has 0 aliphatic heterocycles. The maximum Gasteiger partial charge on any atom is 0.283 e. The SMILES string of the molecule is CCCn1ncc(NCCCS(C)(=O)=O)c(Br)c1=O. The molecule has 0 spiro atoms. The number of aromatic nitrogens is 2. The summed E-state index contributed by atoms with van der Waals surface area (Å²) in [5, 5.41) is 7.06. The first kappa shape index (κ1) is 16.2. The van der Waals surface area contributed by atoms with E-state index in [1.54, 1.807) is 6.20 Å². The minimum absolute atomic E-state index is 0.123. The molecule has 108 valence electrons. The number of hydrogen-bond acceptors (Lipinski definition) is 5. The van der Waals surface area contributed by atoms with E-state index in [2.05, 4.69) is 26.3 Å². The first-order chi connectivity index (χ1) is 8.85. The highest BCUT2D eigenvalue weighted by Crippen LogP contribution is 2.15. The molecule has 0 aliphatic rings. The summed E-state index contributed by atoms with van der Waals surface area (Å²) in [5.74, 6) is 0.123. The Morgan fingerprint density at radius 2 is 2.16 bits per heavy atom. The summed E-state index contributed by atoms with van der Waals surface area (Å²) in [7, 11) is -2.94. The molecule has 6 nitrogen and oxygen atoms in total. The Kier molecular flexibility index (Phi) is 5.99. The fourth-order valence-electron chi connectivity index (χ4n) is 1.52. The number of rotatable bonds is 7. The van der Waals surface area contributed by atoms with Gasteiger partial charge in [0.25, 0.3) is 5.56 Å². The van der Waals surface area contributed by atoms with E-state index in [1.807, 2.05) is 6.92 Å². The molecule has 0 aromatic carbocycles. The van der Waals surface area contributed by atoms with Gasteiger partial charge in [0.1, 0.15) is 14.3 Å². The average Bonchev–Trinajstić information content (AvgIpc) is 2.32. The van der Waals surface area contributed by atoms with Crippen LogP contribution in [0.5, 0.6) is 0 Å². The number of nitrogens with zero attached hydrogens (tertiary/aromatic N) is 2. The predicted octanol–water partition coefficient (Wildman–Crippen LogP) is 1.26. The van der Waals surface area contributed by atoms with Crippen molar-refractivity contribution in [2.45, 2.75) is 26.3 Å². The zero-order valence-electron chi connectivity index (χ0n) is 11.0. The number of aryl methyl sites for hydroxylation is 1. The van der Waals surface area contributed by atoms with Crippen molar-refractivity contribution in [1.29, 1.82) is 0 Å². The van der Waals surface area contributed by atoms with Crippen LogP contribution in [0.2, 0.25) is 0 Å². The van der Waals surface area contributed by atoms with Crippen molar-refractivity contribution in [3.63, 3.8) is 0 Å². The minimum atomic E-state index is -2.94. The molecule has 0 saturated carbocycles. The van der Waals surface area contributed by atoms with Crippen LogP contribution in [0.15, 0.2) is 15.5 Å². The molecule has 0 radical (unpaired) electrons. The lowest BCUT2D eigenvalue weighted by atomic mass is 10.4. The normalized spacial score (nSPS) is 11.5. The number of hydrogen-bond donors (Lipinski definition) is 1. The van der Waals surface area contributed by atoms with Crippen LogP contribution in [0.4, 0.5) is 5.69 Å². The lowest BCUT2D eigenvalue weighted by Gasteiger charge is -2.09. The summed E-state index contributed by atoms with van der Waals surface area (Å²) in [4.78, 5) is 11.9. The molecular weight excluding hydrogens is 334 g/mol. The average molecular weight is 352 g/mol. The van der Waals surface area contributed by atoms with Gasteiger partial charge in [-0.1, -0.05) is 6.92 Å². The Morgan fingerprint density at radius 3 is 2.74 bits per heavy atom. The number of sulfone groups is 1. The van der Waals surface area contributed by atoms with E-state index >= 15 is 0 Å². The van der Waals surface area contributed by atoms with Crippen molar-refractivity contribution in [2.24, 2.45) is 0 Å². The quantitative estimate of drug-likeness (QED) is 0.748. The zero-order valence-corrected chi connectivity index (χ0v) is 13.4. The molecule has 1 heterocycles. The zero-order chi connectivity index (χ0) is 14.5. The Bertz CT molecular complexity index is 583. The van der Waals surface area contributed by atoms with Crippen LogP contribution in [0.3, 0.4) is 0 Å². The summed E-state index contributed by atoms with van der Waals surface area (Å²) < 4.78 is 23.8. The highest BCUT2D eigenvalue weighted by atomic mass is 79.9. The van der Waals surface area contributed by atoms with E-state index in [-0.39, 0.29) is 11.3 Å². The molecule has 0 atom stereocenters. The second-order valence-electron chi connectivity index (χ2n) is 4.31. The molecule has 0 fully saturated rings. The van der Waals surface area contributed by atoms with Crippen LogP contribution in [0.25, 0.3) is 0 Å². The highest BCUT2D eigenvalue weighted by molar-refractivity contribution is 9.10. The first-order valence-electron chi connectivity index (χ1n) is 6.02. The molecule has 1 rings (SSSR count). The molecule has 8 heteroatoms. The van der Waals surface area contributed by atoms with Crippen LogP contribution >= 0.6 is 15.9 Å². The Morgan fingerprint density at radius 1 is 1.47 bits per heavy atom. The van der Waals surface area contributed by atoms with Crippen molar-refractivity contribution in [3.05, 3.63) is 21.0 Å². The lowest BCUT2D eigenvalue weighted by Crippen LogP contribution is -2.24. The monoisotopic (exact) mass is 351 g/mol. The van der Waals surface area contributed by atoms with Gasteiger partial charge >= 0.3 is 0 Å². The topological polar surface area (TPSA) is 81.1 Å². The van der Waals surface area contributed by atoms with Gasteiger partial charge in [0, 0.05) is 19.3 Å². The van der Waals surface area contributed by atoms with Crippen LogP contribution in [0.1, 0.15) is 19.8 Å². The standard InChI is InChI=1S/C11H18BrN3O3S/c1-3-6-15-11(16)10(12)9(8-14-15)13-5-4-7-19(2,17)18/h8,13H,3-7H2,1-2H3. The van der Waals surface area contributed by atoms with Crippen LogP contribution in [-0.2, 0) is 16.4 Å². The van der Waals surface area contributed by atoms with Gasteiger partial charge in [0.15, 0.2) is 0 Å². The molecule has 1 aromatic rings. The Balaban J connectivity index is 2.65. The van der Waals surface area contributed by atoms with Crippen molar-refractivity contribution < 1.29 is 8.42 Å². The third kappa shape index (κ3) is 5.32. The largest absolute Gasteiger partial charge is 0.383 e. The molecule has 1 aromatic heterocycles. The van der Waals surface area contributed by atoms with E-state index in [0.717, 1.165) is 6.42 Å². The maximum absolute atomic E-state index is 11.9. The van der Waals surface area contributed by atoms with Gasteiger partial charge in [0.2, 0.25) is 0 Å². The van der Waals surface area contributed by atoms with Crippen LogP contribution < -0.4 is 10.9 Å². The second kappa shape index (κ2) is 7.04. The molecule has 0 bridgehead atoms. The molecule has 0 unspecified atom stereocenters. The molecular formula is C11H18BrN3O3S. The summed E-state index contributed by atoms with van der Waals surface area (Å²) >= 11 is 3.24. The smallest absolute Gasteiger partial charge is 0.283 e. The van der Waals surface area contributed by atoms with Gasteiger partial charge in [-0.2, -0.15) is 5.10 Å². The van der Waals surface area contributed by atoms with Crippen LogP contribution in [-0.4, -0.2) is 36.8 Å². The Labute approximate surface area is 121 Å². The van der Waals surface area contributed by atoms with Gasteiger partial charge in [-0.15, -0.1) is 0 Å². The van der Waals surface area contributed by atoms with E-state index in [0.29, 0.717) is 29.7 Å². The fraction of sp³-hybridized carbons (Fsp3) is 0.636. The van der Waals surface area contributed by atoms with Gasteiger partial charge < -0.3 is 5.32 Å². The third-order valence-corrected chi connectivity index (χ3v) is 4.22. The first-order valence-corrected chi connectivity index (χ1v) is 8.87. The second-order valence-corrected chi connectivity index (χ2v) is 7.36. The summed E-state index contributed by atoms with van der Waals surface area (Å²) in [5.41, 5.74) is 0.404. The molecule has 0 amide bonds. The summed E-state index contributed by atoms with van der Waals surface area (Å²) in [6.07, 6.45) is 4.10. The summed E-state index contributed by atoms with van der Waals surface area (Å²) in [6, 6.07) is 0. The highest BCUT2D eigenvalue weighted by Gasteiger charge is 2.08. The molecule has 19 heavy (non-hydrogen) atoms. The summed E-state index contributed by atoms with van der Waals surface area (Å²) in [6.45, 7) is 3.02. The number of anilines is 1. The van der Waals surface area contributed by atoms with Gasteiger partial charge in [-0.3, -0.25) is 4.79 Å². The maximum atomic E-state index is 11.9. The lowest BCUT2D eigenvalue weighted by molar-refractivity contribution is 0.566. The van der Waals surface area contributed by atoms with Crippen molar-refractivity contribution in [1.82, 2.24) is 9.78 Å². The van der Waals surface area contributed by atoms with Gasteiger partial charge in [-0.05, 0) is 28.8 Å². The van der Waals surface area contributed by atoms with E-state index in [4.69, 9.17) is 0 Å². The molecule has 0 aliphatic carbocycles. The number of nitrogens with one attached hydrogen (secondary N) is 1. The van der Waals surface area contributed by atoms with Crippen molar-refractivity contribution >= 4 is 31.5 Å². The van der Waals surface area contributed by atoms with Gasteiger partial charge in [0.05, 0.1) is 17.6 Å². The van der Waals surface area contributed by atoms with E-state index < -0.39 is 9.84 Å². The third-order valence-electron chi connectivity index (χ3n) is 2.43. The number of halogens is 1. The minimum Gasteiger partial charge on any atom is -0.383 e. The van der Waals surface area contributed by atoms with Crippen molar-refractivity contribution in [3.8, 4) is 0 Å². The van der Waals surface area contributed by atoms with E-state index in [1.165, 1.54) is 10.9 Å². The van der Waals surface area contributed by atoms with Crippen molar-refractivity contribution in [2.75, 3.05) is 23.9 Å². The fourth-order valence-corrected chi connectivity index (χ4v) is 2.63. The predicted molar refractivity (Wildman–Crippen MR) is 79.3 cm³/mol. The van der Waals surface area contributed by atoms with Gasteiger partial charge in [-0.25, -0.2) is 13.1 Å². The molecule has 1 N–H and O–H groups in total. The van der Waals surface area contributed by atoms with E-state index in [9.17, 15) is 13.2 Å².